The zero-order chi connectivity index (χ0) is 19.7. The molecule has 2 aromatic carbocycles. The summed E-state index contributed by atoms with van der Waals surface area (Å²) >= 11 is 0. The second-order valence-corrected chi connectivity index (χ2v) is 9.14. The Labute approximate surface area is 155 Å². The summed E-state index contributed by atoms with van der Waals surface area (Å²) < 4.78 is 45.9. The molecule has 0 saturated heterocycles. The highest BCUT2D eigenvalue weighted by Crippen LogP contribution is 2.46. The molecule has 140 valence electrons. The van der Waals surface area contributed by atoms with Gasteiger partial charge in [0.2, 0.25) is 0 Å². The Morgan fingerprint density at radius 1 is 1.11 bits per heavy atom. The highest BCUT2D eigenvalue weighted by Gasteiger charge is 2.50. The standard InChI is InChI=1S/C19H16FNO5S/c1-10-4-6-11(7-5-10)27(24,25)21-17(22)12-8-13(20)16-15(14(12)18(21)23)19(2,3)9-26-16/h4-8H,9H2,1-3H3. The number of fused-ring (bicyclic) bond motifs is 3. The van der Waals surface area contributed by atoms with Crippen LogP contribution >= 0.6 is 0 Å². The number of carbonyl (C=O) groups is 2. The lowest BCUT2D eigenvalue weighted by Gasteiger charge is -2.18. The molecule has 0 spiro atoms. The van der Waals surface area contributed by atoms with Crippen LogP contribution in [-0.4, -0.2) is 31.1 Å². The van der Waals surface area contributed by atoms with E-state index in [4.69, 9.17) is 4.74 Å². The van der Waals surface area contributed by atoms with Crippen molar-refractivity contribution in [3.8, 4) is 5.75 Å². The van der Waals surface area contributed by atoms with Crippen LogP contribution in [0.1, 0.15) is 45.7 Å². The molecule has 0 radical (unpaired) electrons. The van der Waals surface area contributed by atoms with Gasteiger partial charge in [-0.3, -0.25) is 9.59 Å². The first kappa shape index (κ1) is 17.7. The Kier molecular flexibility index (Phi) is 3.52. The molecule has 27 heavy (non-hydrogen) atoms. The number of sulfonamides is 1. The predicted octanol–water partition coefficient (Wildman–Crippen LogP) is 2.79. The lowest BCUT2D eigenvalue weighted by molar-refractivity contribution is 0.0764. The molecule has 2 amide bonds. The first-order chi connectivity index (χ1) is 12.6. The van der Waals surface area contributed by atoms with Crippen molar-refractivity contribution < 1.29 is 27.1 Å². The number of benzene rings is 2. The molecule has 2 aromatic rings. The summed E-state index contributed by atoms with van der Waals surface area (Å²) in [6.07, 6.45) is 0. The number of nitrogens with zero attached hydrogens (tertiary/aromatic N) is 1. The van der Waals surface area contributed by atoms with E-state index in [1.54, 1.807) is 32.9 Å². The largest absolute Gasteiger partial charge is 0.489 e. The van der Waals surface area contributed by atoms with Gasteiger partial charge in [0.1, 0.15) is 0 Å². The van der Waals surface area contributed by atoms with E-state index >= 15 is 0 Å². The second kappa shape index (κ2) is 5.39. The number of hydrogen-bond donors (Lipinski definition) is 0. The van der Waals surface area contributed by atoms with Crippen LogP contribution in [0.5, 0.6) is 5.75 Å². The zero-order valence-electron chi connectivity index (χ0n) is 14.9. The summed E-state index contributed by atoms with van der Waals surface area (Å²) in [5.41, 5.74) is -0.0335. The van der Waals surface area contributed by atoms with Crippen molar-refractivity contribution in [3.05, 3.63) is 58.4 Å². The summed E-state index contributed by atoms with van der Waals surface area (Å²) in [5.74, 6) is -2.93. The smallest absolute Gasteiger partial charge is 0.276 e. The van der Waals surface area contributed by atoms with E-state index in [1.165, 1.54) is 12.1 Å². The van der Waals surface area contributed by atoms with Crippen molar-refractivity contribution in [1.82, 2.24) is 4.31 Å². The molecule has 0 fully saturated rings. The predicted molar refractivity (Wildman–Crippen MR) is 93.8 cm³/mol. The number of rotatable bonds is 2. The molecule has 4 rings (SSSR count). The van der Waals surface area contributed by atoms with Gasteiger partial charge in [0.05, 0.1) is 22.6 Å². The average molecular weight is 389 g/mol. The lowest BCUT2D eigenvalue weighted by Crippen LogP contribution is -2.36. The number of imide groups is 1. The van der Waals surface area contributed by atoms with E-state index in [0.29, 0.717) is 0 Å². The topological polar surface area (TPSA) is 80.8 Å². The van der Waals surface area contributed by atoms with Gasteiger partial charge in [-0.1, -0.05) is 31.5 Å². The summed E-state index contributed by atoms with van der Waals surface area (Å²) in [4.78, 5) is 25.6. The maximum Gasteiger partial charge on any atom is 0.276 e. The Balaban J connectivity index is 1.92. The van der Waals surface area contributed by atoms with Crippen molar-refractivity contribution in [3.63, 3.8) is 0 Å². The number of ether oxygens (including phenoxy) is 1. The Bertz CT molecular complexity index is 1120. The van der Waals surface area contributed by atoms with Gasteiger partial charge in [-0.25, -0.2) is 12.8 Å². The van der Waals surface area contributed by atoms with Crippen LogP contribution in [-0.2, 0) is 15.4 Å². The van der Waals surface area contributed by atoms with Crippen molar-refractivity contribution >= 4 is 21.8 Å². The molecule has 2 aliphatic heterocycles. The molecule has 2 heterocycles. The third kappa shape index (κ3) is 2.32. The lowest BCUT2D eigenvalue weighted by atomic mass is 9.82. The maximum atomic E-state index is 14.4. The van der Waals surface area contributed by atoms with Gasteiger partial charge < -0.3 is 4.74 Å². The monoisotopic (exact) mass is 389 g/mol. The first-order valence-electron chi connectivity index (χ1n) is 8.26. The molecule has 0 bridgehead atoms. The summed E-state index contributed by atoms with van der Waals surface area (Å²) in [6.45, 7) is 5.40. The fourth-order valence-electron chi connectivity index (χ4n) is 3.47. The van der Waals surface area contributed by atoms with Gasteiger partial charge >= 0.3 is 0 Å². The molecule has 8 heteroatoms. The Morgan fingerprint density at radius 3 is 2.37 bits per heavy atom. The van der Waals surface area contributed by atoms with Gasteiger partial charge in [-0.2, -0.15) is 4.31 Å². The van der Waals surface area contributed by atoms with Crippen molar-refractivity contribution in [1.29, 1.82) is 0 Å². The average Bonchev–Trinajstić information content (AvgIpc) is 3.03. The van der Waals surface area contributed by atoms with Crippen LogP contribution in [0.4, 0.5) is 4.39 Å². The van der Waals surface area contributed by atoms with E-state index in [1.807, 2.05) is 0 Å². The third-order valence-corrected chi connectivity index (χ3v) is 6.54. The Hall–Kier alpha value is -2.74. The van der Waals surface area contributed by atoms with Crippen LogP contribution in [0.2, 0.25) is 0 Å². The number of carbonyl (C=O) groups excluding carboxylic acids is 2. The molecule has 6 nitrogen and oxygen atoms in total. The van der Waals surface area contributed by atoms with Crippen molar-refractivity contribution in [2.75, 3.05) is 6.61 Å². The van der Waals surface area contributed by atoms with Crippen LogP contribution in [0.15, 0.2) is 35.2 Å². The van der Waals surface area contributed by atoms with Gasteiger partial charge in [0.15, 0.2) is 11.6 Å². The van der Waals surface area contributed by atoms with Gasteiger partial charge in [-0.15, -0.1) is 0 Å². The van der Waals surface area contributed by atoms with Crippen molar-refractivity contribution in [2.45, 2.75) is 31.1 Å². The summed E-state index contributed by atoms with van der Waals surface area (Å²) in [5, 5.41) is 0. The minimum atomic E-state index is -4.42. The molecular weight excluding hydrogens is 373 g/mol. The van der Waals surface area contributed by atoms with E-state index in [0.717, 1.165) is 11.6 Å². The van der Waals surface area contributed by atoms with Gasteiger partial charge in [-0.05, 0) is 25.1 Å². The molecule has 0 unspecified atom stereocenters. The van der Waals surface area contributed by atoms with E-state index in [9.17, 15) is 22.4 Å². The first-order valence-corrected chi connectivity index (χ1v) is 9.70. The molecule has 0 aliphatic carbocycles. The molecule has 2 aliphatic rings. The second-order valence-electron chi connectivity index (χ2n) is 7.35. The van der Waals surface area contributed by atoms with Crippen LogP contribution in [0.3, 0.4) is 0 Å². The highest BCUT2D eigenvalue weighted by molar-refractivity contribution is 7.90. The maximum absolute atomic E-state index is 14.4. The highest BCUT2D eigenvalue weighted by atomic mass is 32.2. The normalized spacial score (nSPS) is 17.7. The minimum Gasteiger partial charge on any atom is -0.489 e. The van der Waals surface area contributed by atoms with E-state index < -0.39 is 33.1 Å². The number of aryl methyl sites for hydroxylation is 1. The van der Waals surface area contributed by atoms with Crippen LogP contribution in [0.25, 0.3) is 0 Å². The number of hydrogen-bond acceptors (Lipinski definition) is 5. The fourth-order valence-corrected chi connectivity index (χ4v) is 4.79. The summed E-state index contributed by atoms with van der Waals surface area (Å²) in [6, 6.07) is 6.66. The van der Waals surface area contributed by atoms with E-state index in [-0.39, 0.29) is 38.2 Å². The van der Waals surface area contributed by atoms with Crippen molar-refractivity contribution in [2.24, 2.45) is 0 Å². The van der Waals surface area contributed by atoms with Crippen LogP contribution < -0.4 is 4.74 Å². The molecule has 0 saturated carbocycles. The molecule has 0 N–H and O–H groups in total. The zero-order valence-corrected chi connectivity index (χ0v) is 15.7. The molecule has 0 atom stereocenters. The third-order valence-electron chi connectivity index (χ3n) is 4.86. The van der Waals surface area contributed by atoms with E-state index in [2.05, 4.69) is 0 Å². The minimum absolute atomic E-state index is 0.102. The molecule has 0 aromatic heterocycles. The number of amides is 2. The van der Waals surface area contributed by atoms with Crippen LogP contribution in [0, 0.1) is 12.7 Å². The van der Waals surface area contributed by atoms with Gasteiger partial charge in [0.25, 0.3) is 21.8 Å². The number of halogens is 1. The fraction of sp³-hybridized carbons (Fsp3) is 0.263. The van der Waals surface area contributed by atoms with Gasteiger partial charge in [0, 0.05) is 11.0 Å². The summed E-state index contributed by atoms with van der Waals surface area (Å²) in [7, 11) is -4.42. The SMILES string of the molecule is Cc1ccc(S(=O)(=O)N2C(=O)c3cc(F)c4c(c3C2=O)C(C)(C)CO4)cc1. The Morgan fingerprint density at radius 2 is 1.74 bits per heavy atom. The quantitative estimate of drug-likeness (QED) is 0.738. The molecular formula is C19H16FNO5S.